The lowest BCUT2D eigenvalue weighted by Crippen LogP contribution is -2.37. The molecule has 144 valence electrons. The van der Waals surface area contributed by atoms with Crippen LogP contribution in [0.5, 0.6) is 0 Å². The van der Waals surface area contributed by atoms with Gasteiger partial charge in [-0.25, -0.2) is 0 Å². The molecule has 2 aliphatic rings. The molecular formula is C20H42N2O2. The minimum Gasteiger partial charge on any atom is -0.392 e. The van der Waals surface area contributed by atoms with Crippen molar-refractivity contribution in [1.82, 2.24) is 9.80 Å². The van der Waals surface area contributed by atoms with E-state index in [9.17, 15) is 5.11 Å². The lowest BCUT2D eigenvalue weighted by molar-refractivity contribution is 0.0400. The molecule has 0 radical (unpaired) electrons. The Kier molecular flexibility index (Phi) is 11.2. The van der Waals surface area contributed by atoms with Crippen LogP contribution < -0.4 is 0 Å². The van der Waals surface area contributed by atoms with Crippen LogP contribution in [-0.2, 0) is 4.74 Å². The number of likely N-dealkylation sites (tertiary alicyclic amines) is 2. The third kappa shape index (κ3) is 9.97. The van der Waals surface area contributed by atoms with Crippen molar-refractivity contribution in [1.29, 1.82) is 0 Å². The molecule has 2 saturated heterocycles. The molecule has 2 heterocycles. The van der Waals surface area contributed by atoms with Gasteiger partial charge in [0.15, 0.2) is 0 Å². The molecule has 2 aliphatic heterocycles. The number of methoxy groups -OCH3 is 1. The van der Waals surface area contributed by atoms with E-state index in [0.717, 1.165) is 37.9 Å². The molecule has 24 heavy (non-hydrogen) atoms. The van der Waals surface area contributed by atoms with Gasteiger partial charge in [0.05, 0.1) is 12.2 Å². The molecule has 1 N–H and O–H groups in total. The molecule has 0 aromatic carbocycles. The van der Waals surface area contributed by atoms with Gasteiger partial charge < -0.3 is 19.6 Å². The summed E-state index contributed by atoms with van der Waals surface area (Å²) < 4.78 is 5.34. The van der Waals surface area contributed by atoms with E-state index in [2.05, 4.69) is 37.5 Å². The molecule has 4 nitrogen and oxygen atoms in total. The van der Waals surface area contributed by atoms with Crippen molar-refractivity contribution in [3.63, 3.8) is 0 Å². The maximum atomic E-state index is 9.22. The normalized spacial score (nSPS) is 23.8. The molecule has 2 fully saturated rings. The van der Waals surface area contributed by atoms with Crippen LogP contribution in [0.1, 0.15) is 59.8 Å². The first kappa shape index (κ1) is 21.9. The first-order valence-electron chi connectivity index (χ1n) is 10.1. The second-order valence-corrected chi connectivity index (χ2v) is 8.38. The van der Waals surface area contributed by atoms with Crippen LogP contribution in [-0.4, -0.2) is 73.5 Å². The third-order valence-corrected chi connectivity index (χ3v) is 5.16. The zero-order valence-electron chi connectivity index (χ0n) is 16.8. The summed E-state index contributed by atoms with van der Waals surface area (Å²) in [7, 11) is 1.83. The van der Waals surface area contributed by atoms with Gasteiger partial charge in [-0.1, -0.05) is 27.7 Å². The Morgan fingerprint density at radius 3 is 1.79 bits per heavy atom. The van der Waals surface area contributed by atoms with Crippen molar-refractivity contribution in [2.24, 2.45) is 11.8 Å². The first-order valence-corrected chi connectivity index (χ1v) is 10.1. The van der Waals surface area contributed by atoms with E-state index in [4.69, 9.17) is 4.74 Å². The number of nitrogens with zero attached hydrogens (tertiary/aromatic N) is 2. The minimum absolute atomic E-state index is 0.0536. The van der Waals surface area contributed by atoms with E-state index in [1.165, 1.54) is 45.3 Å². The van der Waals surface area contributed by atoms with Gasteiger partial charge in [0.25, 0.3) is 0 Å². The average molecular weight is 343 g/mol. The van der Waals surface area contributed by atoms with Gasteiger partial charge in [-0.15, -0.1) is 0 Å². The van der Waals surface area contributed by atoms with Crippen molar-refractivity contribution in [3.8, 4) is 0 Å². The summed E-state index contributed by atoms with van der Waals surface area (Å²) in [6.07, 6.45) is 6.46. The summed E-state index contributed by atoms with van der Waals surface area (Å²) in [5.74, 6) is 1.62. The molecule has 1 unspecified atom stereocenters. The predicted octanol–water partition coefficient (Wildman–Crippen LogP) is 3.24. The van der Waals surface area contributed by atoms with E-state index >= 15 is 0 Å². The molecule has 0 bridgehead atoms. The van der Waals surface area contributed by atoms with E-state index in [1.807, 2.05) is 7.11 Å². The predicted molar refractivity (Wildman–Crippen MR) is 102 cm³/mol. The molecular weight excluding hydrogens is 300 g/mol. The Labute approximate surface area is 150 Å². The Morgan fingerprint density at radius 2 is 1.38 bits per heavy atom. The van der Waals surface area contributed by atoms with Crippen LogP contribution in [0.3, 0.4) is 0 Å². The fourth-order valence-electron chi connectivity index (χ4n) is 3.27. The van der Waals surface area contributed by atoms with Crippen LogP contribution in [0.15, 0.2) is 0 Å². The SMILES string of the molecule is CC(C)CCN1CCC(O)C1.COC1CCN(CCC(C)C)CC1. The van der Waals surface area contributed by atoms with Crippen molar-refractivity contribution in [3.05, 3.63) is 0 Å². The summed E-state index contributed by atoms with van der Waals surface area (Å²) in [4.78, 5) is 4.92. The molecule has 2 rings (SSSR count). The summed E-state index contributed by atoms with van der Waals surface area (Å²) in [5, 5.41) is 9.22. The van der Waals surface area contributed by atoms with E-state index in [1.54, 1.807) is 0 Å². The largest absolute Gasteiger partial charge is 0.392 e. The number of rotatable bonds is 7. The van der Waals surface area contributed by atoms with Crippen molar-refractivity contribution in [2.45, 2.75) is 72.0 Å². The smallest absolute Gasteiger partial charge is 0.0679 e. The fraction of sp³-hybridized carbons (Fsp3) is 1.00. The number of piperidine rings is 1. The number of ether oxygens (including phenoxy) is 1. The highest BCUT2D eigenvalue weighted by Gasteiger charge is 2.19. The third-order valence-electron chi connectivity index (χ3n) is 5.16. The second-order valence-electron chi connectivity index (χ2n) is 8.38. The van der Waals surface area contributed by atoms with E-state index in [0.29, 0.717) is 6.10 Å². The lowest BCUT2D eigenvalue weighted by Gasteiger charge is -2.31. The van der Waals surface area contributed by atoms with E-state index in [-0.39, 0.29) is 6.10 Å². The van der Waals surface area contributed by atoms with Gasteiger partial charge in [0.1, 0.15) is 0 Å². The minimum atomic E-state index is -0.0536. The van der Waals surface area contributed by atoms with Gasteiger partial charge in [0, 0.05) is 33.3 Å². The number of β-amino-alcohol motifs (C(OH)–C–C–N with tert-alkyl or cyclic N) is 1. The van der Waals surface area contributed by atoms with Crippen LogP contribution in [0.25, 0.3) is 0 Å². The molecule has 0 spiro atoms. The molecule has 4 heteroatoms. The molecule has 0 aromatic rings. The molecule has 0 aliphatic carbocycles. The van der Waals surface area contributed by atoms with Gasteiger partial charge in [-0.05, 0) is 57.0 Å². The Morgan fingerprint density at radius 1 is 0.875 bits per heavy atom. The zero-order chi connectivity index (χ0) is 17.9. The number of aliphatic hydroxyl groups is 1. The maximum Gasteiger partial charge on any atom is 0.0679 e. The fourth-order valence-corrected chi connectivity index (χ4v) is 3.27. The molecule has 0 aromatic heterocycles. The number of aliphatic hydroxyl groups excluding tert-OH is 1. The highest BCUT2D eigenvalue weighted by molar-refractivity contribution is 4.74. The van der Waals surface area contributed by atoms with Crippen LogP contribution in [0.4, 0.5) is 0 Å². The van der Waals surface area contributed by atoms with Crippen LogP contribution in [0.2, 0.25) is 0 Å². The molecule has 1 atom stereocenters. The molecule has 0 amide bonds. The topological polar surface area (TPSA) is 35.9 Å². The van der Waals surface area contributed by atoms with Gasteiger partial charge in [-0.2, -0.15) is 0 Å². The van der Waals surface area contributed by atoms with Gasteiger partial charge in [-0.3, -0.25) is 0 Å². The van der Waals surface area contributed by atoms with E-state index < -0.39 is 0 Å². The summed E-state index contributed by atoms with van der Waals surface area (Å²) in [6.45, 7) is 15.9. The summed E-state index contributed by atoms with van der Waals surface area (Å²) in [6, 6.07) is 0. The molecule has 0 saturated carbocycles. The van der Waals surface area contributed by atoms with Crippen molar-refractivity contribution in [2.75, 3.05) is 46.4 Å². The van der Waals surface area contributed by atoms with Crippen molar-refractivity contribution >= 4 is 0 Å². The summed E-state index contributed by atoms with van der Waals surface area (Å²) >= 11 is 0. The first-order chi connectivity index (χ1) is 11.4. The zero-order valence-corrected chi connectivity index (χ0v) is 16.8. The highest BCUT2D eigenvalue weighted by atomic mass is 16.5. The van der Waals surface area contributed by atoms with Crippen molar-refractivity contribution < 1.29 is 9.84 Å². The monoisotopic (exact) mass is 342 g/mol. The average Bonchev–Trinajstić information content (AvgIpc) is 2.97. The van der Waals surface area contributed by atoms with Crippen LogP contribution >= 0.6 is 0 Å². The standard InChI is InChI=1S/C11H23NO.C9H19NO/c1-10(2)4-7-12-8-5-11(13-3)6-9-12;1-8(2)3-5-10-6-4-9(11)7-10/h10-11H,4-9H2,1-3H3;8-9,11H,3-7H2,1-2H3. The summed E-state index contributed by atoms with van der Waals surface area (Å²) in [5.41, 5.74) is 0. The van der Waals surface area contributed by atoms with Crippen LogP contribution in [0, 0.1) is 11.8 Å². The van der Waals surface area contributed by atoms with Gasteiger partial charge in [0.2, 0.25) is 0 Å². The maximum absolute atomic E-state index is 9.22. The lowest BCUT2D eigenvalue weighted by atomic mass is 10.1. The second kappa shape index (κ2) is 12.2. The Hall–Kier alpha value is -0.160. The number of hydrogen-bond acceptors (Lipinski definition) is 4. The Balaban J connectivity index is 0.000000243. The quantitative estimate of drug-likeness (QED) is 0.770. The number of hydrogen-bond donors (Lipinski definition) is 1. The van der Waals surface area contributed by atoms with Gasteiger partial charge >= 0.3 is 0 Å². The Bertz CT molecular complexity index is 302. The highest BCUT2D eigenvalue weighted by Crippen LogP contribution is 2.14.